The molecule has 1 aromatic carbocycles. The second kappa shape index (κ2) is 7.01. The van der Waals surface area contributed by atoms with Gasteiger partial charge in [-0.1, -0.05) is 43.9 Å². The summed E-state index contributed by atoms with van der Waals surface area (Å²) in [5.41, 5.74) is 8.26. The van der Waals surface area contributed by atoms with E-state index in [1.807, 2.05) is 0 Å². The van der Waals surface area contributed by atoms with Gasteiger partial charge in [0.1, 0.15) is 5.78 Å². The number of carbonyl (C=O) groups excluding carboxylic acids is 1. The number of nitrogens with two attached hydrogens (primary N) is 1. The summed E-state index contributed by atoms with van der Waals surface area (Å²) in [7, 11) is -1.54. The summed E-state index contributed by atoms with van der Waals surface area (Å²) in [5.74, 6) is 0.311. The molecule has 106 valence electrons. The first-order valence-corrected chi connectivity index (χ1v) is 10.7. The van der Waals surface area contributed by atoms with Crippen LogP contribution in [0.15, 0.2) is 24.3 Å². The second-order valence-electron chi connectivity index (χ2n) is 6.35. The fourth-order valence-corrected chi connectivity index (χ4v) is 5.23. The van der Waals surface area contributed by atoms with Crippen molar-refractivity contribution in [3.63, 3.8) is 0 Å². The first-order chi connectivity index (χ1) is 8.88. The van der Waals surface area contributed by atoms with Crippen molar-refractivity contribution in [2.24, 2.45) is 5.73 Å². The number of ketones is 1. The molecule has 1 atom stereocenters. The van der Waals surface area contributed by atoms with Crippen LogP contribution in [0, 0.1) is 0 Å². The van der Waals surface area contributed by atoms with Crippen molar-refractivity contribution in [1.82, 2.24) is 0 Å². The molecule has 0 spiro atoms. The molecule has 0 amide bonds. The van der Waals surface area contributed by atoms with Gasteiger partial charge < -0.3 is 5.73 Å². The fourth-order valence-electron chi connectivity index (χ4n) is 2.80. The summed E-state index contributed by atoms with van der Waals surface area (Å²) in [6.07, 6.45) is 3.18. The molecule has 0 saturated carbocycles. The monoisotopic (exact) mass is 277 g/mol. The van der Waals surface area contributed by atoms with Crippen LogP contribution in [0.4, 0.5) is 0 Å². The predicted molar refractivity (Wildman–Crippen MR) is 85.2 cm³/mol. The van der Waals surface area contributed by atoms with Crippen LogP contribution >= 0.6 is 0 Å². The minimum absolute atomic E-state index is 0.113. The predicted octanol–water partition coefficient (Wildman–Crippen LogP) is 3.52. The van der Waals surface area contributed by atoms with Crippen LogP contribution in [0.25, 0.3) is 0 Å². The first-order valence-electron chi connectivity index (χ1n) is 7.16. The number of carbonyl (C=O) groups is 1. The van der Waals surface area contributed by atoms with Crippen LogP contribution in [0.1, 0.15) is 36.4 Å². The molecule has 2 nitrogen and oxygen atoms in total. The molecule has 1 unspecified atom stereocenters. The third-order valence-corrected chi connectivity index (χ3v) is 5.99. The molecule has 0 aliphatic heterocycles. The Morgan fingerprint density at radius 3 is 2.37 bits per heavy atom. The number of benzene rings is 1. The van der Waals surface area contributed by atoms with Gasteiger partial charge in [0.25, 0.3) is 0 Å². The number of rotatable bonds is 7. The van der Waals surface area contributed by atoms with Crippen LogP contribution in [-0.4, -0.2) is 20.4 Å². The maximum atomic E-state index is 12.1. The maximum Gasteiger partial charge on any atom is 0.134 e. The van der Waals surface area contributed by atoms with E-state index in [0.29, 0.717) is 5.78 Å². The molecule has 0 aliphatic carbocycles. The van der Waals surface area contributed by atoms with Crippen LogP contribution < -0.4 is 5.73 Å². The molecular formula is C16H27NOSi. The van der Waals surface area contributed by atoms with E-state index in [-0.39, 0.29) is 5.54 Å². The molecule has 0 heterocycles. The van der Waals surface area contributed by atoms with E-state index in [1.54, 1.807) is 6.92 Å². The highest BCUT2D eigenvalue weighted by Crippen LogP contribution is 2.31. The summed E-state index contributed by atoms with van der Waals surface area (Å²) in [4.78, 5) is 12.1. The number of aryl methyl sites for hydroxylation is 1. The Kier molecular flexibility index (Phi) is 5.95. The zero-order valence-electron chi connectivity index (χ0n) is 12.7. The molecule has 2 N–H and O–H groups in total. The number of unbranched alkanes of at least 4 members (excludes halogenated alkanes) is 1. The van der Waals surface area contributed by atoms with Gasteiger partial charge in [0.05, 0.1) is 8.07 Å². The average molecular weight is 277 g/mol. The quantitative estimate of drug-likeness (QED) is 0.612. The van der Waals surface area contributed by atoms with E-state index in [1.165, 1.54) is 11.1 Å². The zero-order chi connectivity index (χ0) is 14.5. The van der Waals surface area contributed by atoms with Gasteiger partial charge in [0.2, 0.25) is 0 Å². The molecule has 19 heavy (non-hydrogen) atoms. The van der Waals surface area contributed by atoms with Gasteiger partial charge in [0, 0.05) is 5.54 Å². The highest BCUT2D eigenvalue weighted by atomic mass is 28.3. The molecule has 3 heteroatoms. The van der Waals surface area contributed by atoms with Gasteiger partial charge in [-0.3, -0.25) is 4.79 Å². The van der Waals surface area contributed by atoms with Crippen molar-refractivity contribution in [2.75, 3.05) is 6.54 Å². The topological polar surface area (TPSA) is 43.1 Å². The van der Waals surface area contributed by atoms with E-state index in [9.17, 15) is 4.79 Å². The van der Waals surface area contributed by atoms with Crippen LogP contribution in [0.5, 0.6) is 0 Å². The van der Waals surface area contributed by atoms with E-state index in [4.69, 9.17) is 5.73 Å². The smallest absolute Gasteiger partial charge is 0.134 e. The number of Topliss-reactive ketones (excluding diaryl/α,β-unsaturated/α-hetero) is 1. The lowest BCUT2D eigenvalue weighted by atomic mass is 9.98. The van der Waals surface area contributed by atoms with E-state index >= 15 is 0 Å². The maximum absolute atomic E-state index is 12.1. The summed E-state index contributed by atoms with van der Waals surface area (Å²) in [5, 5.41) is 0. The molecule has 0 bridgehead atoms. The van der Waals surface area contributed by atoms with Crippen LogP contribution in [0.3, 0.4) is 0 Å². The number of hydrogen-bond acceptors (Lipinski definition) is 2. The van der Waals surface area contributed by atoms with Gasteiger partial charge in [-0.15, -0.1) is 0 Å². The van der Waals surface area contributed by atoms with Crippen molar-refractivity contribution < 1.29 is 4.79 Å². The zero-order valence-corrected chi connectivity index (χ0v) is 13.7. The van der Waals surface area contributed by atoms with E-state index < -0.39 is 8.07 Å². The molecule has 0 radical (unpaired) electrons. The van der Waals surface area contributed by atoms with Crippen molar-refractivity contribution in [1.29, 1.82) is 0 Å². The van der Waals surface area contributed by atoms with Crippen LogP contribution in [-0.2, 0) is 11.2 Å². The van der Waals surface area contributed by atoms with E-state index in [2.05, 4.69) is 43.9 Å². The Labute approximate surface area is 118 Å². The normalized spacial score (nSPS) is 13.3. The standard InChI is InChI=1S/C16H27NOSi/c1-13(18)16(19(2,3)4)15-11-6-5-9-14(15)10-7-8-12-17/h5-6,9,11,16H,7-8,10,12,17H2,1-4H3. The molecule has 1 aromatic rings. The fraction of sp³-hybridized carbons (Fsp3) is 0.562. The Bertz CT molecular complexity index is 423. The summed E-state index contributed by atoms with van der Waals surface area (Å²) in [6, 6.07) is 8.44. The SMILES string of the molecule is CC(=O)C(c1ccccc1CCCCN)[Si](C)(C)C. The summed E-state index contributed by atoms with van der Waals surface area (Å²) < 4.78 is 0. The highest BCUT2D eigenvalue weighted by molar-refractivity contribution is 6.80. The molecule has 0 aliphatic rings. The Hall–Kier alpha value is -0.933. The summed E-state index contributed by atoms with van der Waals surface area (Å²) in [6.45, 7) is 9.30. The Morgan fingerprint density at radius 2 is 1.84 bits per heavy atom. The average Bonchev–Trinajstić information content (AvgIpc) is 2.29. The van der Waals surface area contributed by atoms with Gasteiger partial charge in [-0.25, -0.2) is 0 Å². The molecule has 0 aromatic heterocycles. The largest absolute Gasteiger partial charge is 0.330 e. The lowest BCUT2D eigenvalue weighted by Gasteiger charge is -2.29. The van der Waals surface area contributed by atoms with Crippen molar-refractivity contribution in [3.05, 3.63) is 35.4 Å². The molecule has 0 fully saturated rings. The van der Waals surface area contributed by atoms with Gasteiger partial charge in [-0.05, 0) is 43.9 Å². The van der Waals surface area contributed by atoms with E-state index in [0.717, 1.165) is 25.8 Å². The second-order valence-corrected chi connectivity index (χ2v) is 11.7. The van der Waals surface area contributed by atoms with Gasteiger partial charge in [-0.2, -0.15) is 0 Å². The molecule has 0 saturated heterocycles. The van der Waals surface area contributed by atoms with Crippen LogP contribution in [0.2, 0.25) is 19.6 Å². The lowest BCUT2D eigenvalue weighted by molar-refractivity contribution is -0.116. The minimum Gasteiger partial charge on any atom is -0.330 e. The minimum atomic E-state index is -1.54. The van der Waals surface area contributed by atoms with Crippen molar-refractivity contribution >= 4 is 13.9 Å². The first kappa shape index (κ1) is 16.1. The lowest BCUT2D eigenvalue weighted by Crippen LogP contribution is -2.36. The highest BCUT2D eigenvalue weighted by Gasteiger charge is 2.33. The van der Waals surface area contributed by atoms with Crippen molar-refractivity contribution in [3.8, 4) is 0 Å². The number of hydrogen-bond donors (Lipinski definition) is 1. The van der Waals surface area contributed by atoms with Gasteiger partial charge >= 0.3 is 0 Å². The third kappa shape index (κ3) is 4.59. The molecular weight excluding hydrogens is 250 g/mol. The Morgan fingerprint density at radius 1 is 1.21 bits per heavy atom. The third-order valence-electron chi connectivity index (χ3n) is 3.54. The molecule has 1 rings (SSSR count). The Balaban J connectivity index is 3.06. The summed E-state index contributed by atoms with van der Waals surface area (Å²) >= 11 is 0. The van der Waals surface area contributed by atoms with Crippen molar-refractivity contribution in [2.45, 2.75) is 51.4 Å². The van der Waals surface area contributed by atoms with Gasteiger partial charge in [0.15, 0.2) is 0 Å².